The molecule has 0 rings (SSSR count). The summed E-state index contributed by atoms with van der Waals surface area (Å²) >= 11 is 0. The molecule has 1 N–H and O–H groups in total. The number of aliphatic imine (C=N–C) groups is 1. The van der Waals surface area contributed by atoms with Crippen molar-refractivity contribution in [1.82, 2.24) is 0 Å². The van der Waals surface area contributed by atoms with Crippen LogP contribution in [0.2, 0.25) is 0 Å². The molecule has 22 heavy (non-hydrogen) atoms. The number of carboxylic acids is 1. The molecule has 0 bridgehead atoms. The van der Waals surface area contributed by atoms with E-state index < -0.39 is 5.97 Å². The molecule has 0 saturated heterocycles. The summed E-state index contributed by atoms with van der Waals surface area (Å²) in [5.41, 5.74) is 0. The second kappa shape index (κ2) is 19.4. The first-order valence-corrected chi connectivity index (χ1v) is 8.03. The van der Waals surface area contributed by atoms with Crippen molar-refractivity contribution in [2.45, 2.75) is 71.6 Å². The smallest absolute Gasteiger partial charge is 0.310 e. The van der Waals surface area contributed by atoms with Crippen molar-refractivity contribution in [2.75, 3.05) is 7.11 Å². The third kappa shape index (κ3) is 23.4. The Morgan fingerprint density at radius 3 is 2.23 bits per heavy atom. The van der Waals surface area contributed by atoms with Crippen molar-refractivity contribution in [3.05, 3.63) is 12.3 Å². The van der Waals surface area contributed by atoms with Crippen LogP contribution in [0.15, 0.2) is 17.3 Å². The van der Waals surface area contributed by atoms with E-state index in [4.69, 9.17) is 5.11 Å². The van der Waals surface area contributed by atoms with Crippen LogP contribution in [0.25, 0.3) is 0 Å². The minimum absolute atomic E-state index is 0.222. The number of nitrogens with zero attached hydrogens (tertiary/aromatic N) is 1. The van der Waals surface area contributed by atoms with Gasteiger partial charge in [-0.25, -0.2) is 0 Å². The third-order valence-electron chi connectivity index (χ3n) is 2.81. The monoisotopic (exact) mass is 313 g/mol. The Morgan fingerprint density at radius 1 is 1.09 bits per heavy atom. The molecule has 0 fully saturated rings. The standard InChI is InChI=1S/C14H25NO2.C3H6O2/c1-3-4-5-6-7-8-9-10-12-15-13-11-14(16)17-2;1-2-3(4)5/h10,12-13H,3-9,11H2,1-2H3;2H2,1H3,(H,4,5). The highest BCUT2D eigenvalue weighted by molar-refractivity contribution is 5.85. The van der Waals surface area contributed by atoms with Crippen molar-refractivity contribution in [3.63, 3.8) is 0 Å². The predicted octanol–water partition coefficient (Wildman–Crippen LogP) is 4.37. The molecule has 128 valence electrons. The zero-order valence-electron chi connectivity index (χ0n) is 14.2. The van der Waals surface area contributed by atoms with Crippen molar-refractivity contribution in [2.24, 2.45) is 4.99 Å². The lowest BCUT2D eigenvalue weighted by Gasteiger charge is -1.97. The van der Waals surface area contributed by atoms with Crippen LogP contribution in [-0.4, -0.2) is 30.4 Å². The van der Waals surface area contributed by atoms with E-state index in [2.05, 4.69) is 16.7 Å². The number of carbonyl (C=O) groups excluding carboxylic acids is 1. The molecule has 5 heteroatoms. The quantitative estimate of drug-likeness (QED) is 0.349. The molecule has 0 aliphatic rings. The summed E-state index contributed by atoms with van der Waals surface area (Å²) in [5.74, 6) is -0.997. The van der Waals surface area contributed by atoms with E-state index in [0.29, 0.717) is 0 Å². The van der Waals surface area contributed by atoms with E-state index in [0.717, 1.165) is 6.42 Å². The molecular weight excluding hydrogens is 282 g/mol. The number of hydrogen-bond donors (Lipinski definition) is 1. The number of ether oxygens (including phenoxy) is 1. The Labute approximate surface area is 134 Å². The summed E-state index contributed by atoms with van der Waals surface area (Å²) in [5, 5.41) is 7.72. The first-order valence-electron chi connectivity index (χ1n) is 8.03. The highest BCUT2D eigenvalue weighted by Crippen LogP contribution is 2.06. The molecule has 0 aromatic carbocycles. The van der Waals surface area contributed by atoms with Gasteiger partial charge in [-0.05, 0) is 12.8 Å². The van der Waals surface area contributed by atoms with Gasteiger partial charge in [0.25, 0.3) is 0 Å². The van der Waals surface area contributed by atoms with Crippen molar-refractivity contribution < 1.29 is 19.4 Å². The number of carboxylic acid groups (broad SMARTS) is 1. The van der Waals surface area contributed by atoms with E-state index >= 15 is 0 Å². The number of methoxy groups -OCH3 is 1. The minimum atomic E-state index is -0.745. The summed E-state index contributed by atoms with van der Waals surface area (Å²) < 4.78 is 4.49. The van der Waals surface area contributed by atoms with Crippen molar-refractivity contribution >= 4 is 18.2 Å². The molecule has 0 heterocycles. The molecule has 0 aliphatic heterocycles. The Balaban J connectivity index is 0. The SMILES string of the molecule is CCC(=O)O.CCCCCCCCC=CN=CCC(=O)OC. The van der Waals surface area contributed by atoms with Crippen LogP contribution < -0.4 is 0 Å². The van der Waals surface area contributed by atoms with Gasteiger partial charge in [0.2, 0.25) is 0 Å². The van der Waals surface area contributed by atoms with E-state index in [1.54, 1.807) is 19.3 Å². The number of hydrogen-bond acceptors (Lipinski definition) is 4. The van der Waals surface area contributed by atoms with Crippen LogP contribution in [0.5, 0.6) is 0 Å². The number of rotatable bonds is 11. The van der Waals surface area contributed by atoms with Crippen molar-refractivity contribution in [1.29, 1.82) is 0 Å². The van der Waals surface area contributed by atoms with Crippen LogP contribution >= 0.6 is 0 Å². The molecule has 0 aliphatic carbocycles. The summed E-state index contributed by atoms with van der Waals surface area (Å²) in [6.07, 6.45) is 14.8. The molecule has 0 spiro atoms. The predicted molar refractivity (Wildman–Crippen MR) is 90.2 cm³/mol. The second-order valence-electron chi connectivity index (χ2n) is 4.80. The largest absolute Gasteiger partial charge is 0.481 e. The van der Waals surface area contributed by atoms with Gasteiger partial charge in [0.05, 0.1) is 13.5 Å². The van der Waals surface area contributed by atoms with Crippen molar-refractivity contribution in [3.8, 4) is 0 Å². The number of unbranched alkanes of at least 4 members (excludes halogenated alkanes) is 6. The lowest BCUT2D eigenvalue weighted by molar-refractivity contribution is -0.139. The maximum absolute atomic E-state index is 10.7. The fraction of sp³-hybridized carbons (Fsp3) is 0.706. The molecule has 0 amide bonds. The van der Waals surface area contributed by atoms with E-state index in [9.17, 15) is 9.59 Å². The summed E-state index contributed by atoms with van der Waals surface area (Å²) in [6, 6.07) is 0. The second-order valence-corrected chi connectivity index (χ2v) is 4.80. The van der Waals surface area contributed by atoms with Gasteiger partial charge in [0, 0.05) is 18.8 Å². The van der Waals surface area contributed by atoms with Gasteiger partial charge in [-0.3, -0.25) is 14.6 Å². The van der Waals surface area contributed by atoms with Gasteiger partial charge >= 0.3 is 11.9 Å². The van der Waals surface area contributed by atoms with Gasteiger partial charge in [0.15, 0.2) is 0 Å². The van der Waals surface area contributed by atoms with E-state index in [-0.39, 0.29) is 18.8 Å². The minimum Gasteiger partial charge on any atom is -0.481 e. The van der Waals surface area contributed by atoms with Crippen LogP contribution in [-0.2, 0) is 14.3 Å². The number of carbonyl (C=O) groups is 2. The average molecular weight is 313 g/mol. The van der Waals surface area contributed by atoms with Crippen LogP contribution in [0.1, 0.15) is 71.6 Å². The summed E-state index contributed by atoms with van der Waals surface area (Å²) in [4.78, 5) is 24.1. The maximum Gasteiger partial charge on any atom is 0.310 e. The van der Waals surface area contributed by atoms with Crippen LogP contribution in [0.4, 0.5) is 0 Å². The Kier molecular flexibility index (Phi) is 19.9. The Hall–Kier alpha value is -1.65. The zero-order valence-corrected chi connectivity index (χ0v) is 14.2. The first-order chi connectivity index (χ1) is 10.6. The van der Waals surface area contributed by atoms with Crippen LogP contribution in [0.3, 0.4) is 0 Å². The summed E-state index contributed by atoms with van der Waals surface area (Å²) in [7, 11) is 1.38. The fourth-order valence-corrected chi connectivity index (χ4v) is 1.45. The Bertz CT molecular complexity index is 325. The molecule has 0 aromatic heterocycles. The molecule has 0 unspecified atom stereocenters. The van der Waals surface area contributed by atoms with Gasteiger partial charge in [-0.2, -0.15) is 0 Å². The molecule has 0 radical (unpaired) electrons. The lowest BCUT2D eigenvalue weighted by atomic mass is 10.1. The maximum atomic E-state index is 10.7. The zero-order chi connectivity index (χ0) is 17.1. The van der Waals surface area contributed by atoms with E-state index in [1.807, 2.05) is 6.08 Å². The van der Waals surface area contributed by atoms with Gasteiger partial charge in [-0.15, -0.1) is 0 Å². The Morgan fingerprint density at radius 2 is 1.68 bits per heavy atom. The molecule has 0 aromatic rings. The van der Waals surface area contributed by atoms with Gasteiger partial charge in [-0.1, -0.05) is 52.0 Å². The van der Waals surface area contributed by atoms with Gasteiger partial charge < -0.3 is 9.84 Å². The fourth-order valence-electron chi connectivity index (χ4n) is 1.45. The average Bonchev–Trinajstić information content (AvgIpc) is 2.52. The first kappa shape index (κ1) is 22.6. The van der Waals surface area contributed by atoms with E-state index in [1.165, 1.54) is 45.6 Å². The molecular formula is C17H31NO4. The molecule has 0 saturated carbocycles. The molecule has 5 nitrogen and oxygen atoms in total. The topological polar surface area (TPSA) is 76.0 Å². The highest BCUT2D eigenvalue weighted by Gasteiger charge is 1.93. The normalized spacial score (nSPS) is 10.5. The summed E-state index contributed by atoms with van der Waals surface area (Å²) in [6.45, 7) is 3.83. The number of esters is 1. The third-order valence-corrected chi connectivity index (χ3v) is 2.81. The van der Waals surface area contributed by atoms with Crippen LogP contribution in [0, 0.1) is 0 Å². The lowest BCUT2D eigenvalue weighted by Crippen LogP contribution is -1.99. The highest BCUT2D eigenvalue weighted by atomic mass is 16.5. The van der Waals surface area contributed by atoms with Gasteiger partial charge in [0.1, 0.15) is 0 Å². The molecule has 0 atom stereocenters. The number of allylic oxidation sites excluding steroid dienone is 1. The number of aliphatic carboxylic acids is 1.